The van der Waals surface area contributed by atoms with Crippen LogP contribution in [0.25, 0.3) is 0 Å². The molecule has 0 heterocycles. The van der Waals surface area contributed by atoms with E-state index >= 15 is 0 Å². The molecule has 0 atom stereocenters. The minimum Gasteiger partial charge on any atom is -0.320 e. The molecule has 1 aliphatic rings. The van der Waals surface area contributed by atoms with Crippen molar-refractivity contribution in [2.24, 2.45) is 0 Å². The third-order valence-corrected chi connectivity index (χ3v) is 2.82. The second-order valence-electron chi connectivity index (χ2n) is 2.51. The summed E-state index contributed by atoms with van der Waals surface area (Å²) in [5.41, 5.74) is 1.51. The highest BCUT2D eigenvalue weighted by atomic mass is 33.1. The number of hydrogen-bond donors (Lipinski definition) is 1. The van der Waals surface area contributed by atoms with Gasteiger partial charge in [-0.15, -0.1) is 0 Å². The Hall–Kier alpha value is 0.400. The van der Waals surface area contributed by atoms with E-state index in [0.29, 0.717) is 0 Å². The molecule has 58 valence electrons. The first kappa shape index (κ1) is 8.50. The van der Waals surface area contributed by atoms with E-state index in [4.69, 9.17) is 4.55 Å². The van der Waals surface area contributed by atoms with Crippen LogP contribution in [0.1, 0.15) is 32.1 Å². The van der Waals surface area contributed by atoms with Crippen LogP contribution in [0.2, 0.25) is 0 Å². The van der Waals surface area contributed by atoms with Gasteiger partial charge in [0.1, 0.15) is 0 Å². The molecule has 0 amide bonds. The Morgan fingerprint density at radius 2 is 1.90 bits per heavy atom. The lowest BCUT2D eigenvalue weighted by molar-refractivity contribution is 0.600. The quantitative estimate of drug-likeness (QED) is 0.512. The van der Waals surface area contributed by atoms with Gasteiger partial charge in [-0.25, -0.2) is 0 Å². The summed E-state index contributed by atoms with van der Waals surface area (Å²) in [6.07, 6.45) is 6.54. The molecule has 0 aliphatic heterocycles. The lowest BCUT2D eigenvalue weighted by Crippen LogP contribution is -1.91. The van der Waals surface area contributed by atoms with Crippen LogP contribution in [0.15, 0.2) is 11.0 Å². The van der Waals surface area contributed by atoms with E-state index in [2.05, 4.69) is 5.41 Å². The molecule has 1 fully saturated rings. The van der Waals surface area contributed by atoms with E-state index in [1.165, 1.54) is 48.5 Å². The van der Waals surface area contributed by atoms with Gasteiger partial charge >= 0.3 is 0 Å². The van der Waals surface area contributed by atoms with Crippen LogP contribution in [0.5, 0.6) is 0 Å². The smallest absolute Gasteiger partial charge is 0.0640 e. The molecule has 1 nitrogen and oxygen atoms in total. The number of hydrogen-bond acceptors (Lipinski definition) is 3. The lowest BCUT2D eigenvalue weighted by atomic mass is 9.96. The molecular weight excluding hydrogens is 164 g/mol. The molecule has 10 heavy (non-hydrogen) atoms. The van der Waals surface area contributed by atoms with Crippen molar-refractivity contribution in [3.05, 3.63) is 11.0 Å². The van der Waals surface area contributed by atoms with Crippen LogP contribution < -0.4 is 0 Å². The maximum atomic E-state index is 8.43. The van der Waals surface area contributed by atoms with E-state index in [0.717, 1.165) is 11.1 Å². The molecule has 0 aromatic carbocycles. The Bertz CT molecular complexity index is 115. The van der Waals surface area contributed by atoms with Gasteiger partial charge in [0.15, 0.2) is 0 Å². The van der Waals surface area contributed by atoms with Crippen molar-refractivity contribution < 1.29 is 4.55 Å². The van der Waals surface area contributed by atoms with Crippen molar-refractivity contribution in [1.29, 1.82) is 0 Å². The number of allylic oxidation sites excluding steroid dienone is 1. The van der Waals surface area contributed by atoms with E-state index in [1.807, 2.05) is 0 Å². The first-order chi connectivity index (χ1) is 4.93. The van der Waals surface area contributed by atoms with E-state index in [9.17, 15) is 0 Å². The third kappa shape index (κ3) is 2.99. The molecule has 0 spiro atoms. The second-order valence-corrected chi connectivity index (χ2v) is 4.11. The summed E-state index contributed by atoms with van der Waals surface area (Å²) in [5, 5.41) is 2.09. The highest BCUT2D eigenvalue weighted by molar-refractivity contribution is 8.75. The Kier molecular flexibility index (Phi) is 4.34. The van der Waals surface area contributed by atoms with Gasteiger partial charge in [0, 0.05) is 0 Å². The van der Waals surface area contributed by atoms with Crippen LogP contribution in [-0.2, 0) is 0 Å². The average Bonchev–Trinajstić information content (AvgIpc) is 2.03. The highest BCUT2D eigenvalue weighted by Crippen LogP contribution is 2.28. The molecule has 1 rings (SSSR count). The number of rotatable bonds is 2. The summed E-state index contributed by atoms with van der Waals surface area (Å²) in [7, 11) is 1.42. The first-order valence-corrected chi connectivity index (χ1v) is 5.75. The van der Waals surface area contributed by atoms with Gasteiger partial charge in [-0.3, -0.25) is 0 Å². The summed E-state index contributed by atoms with van der Waals surface area (Å²) < 4.78 is 8.43. The molecule has 0 saturated heterocycles. The highest BCUT2D eigenvalue weighted by Gasteiger charge is 2.03. The van der Waals surface area contributed by atoms with Crippen molar-refractivity contribution in [3.8, 4) is 0 Å². The Morgan fingerprint density at radius 3 is 2.50 bits per heavy atom. The molecule has 1 N–H and O–H groups in total. The zero-order valence-corrected chi connectivity index (χ0v) is 7.51. The molecule has 1 aliphatic carbocycles. The van der Waals surface area contributed by atoms with Crippen molar-refractivity contribution in [2.75, 3.05) is 0 Å². The zero-order valence-electron chi connectivity index (χ0n) is 5.88. The van der Waals surface area contributed by atoms with E-state index in [-0.39, 0.29) is 0 Å². The van der Waals surface area contributed by atoms with E-state index in [1.54, 1.807) is 0 Å². The predicted molar refractivity (Wildman–Crippen MR) is 49.0 cm³/mol. The van der Waals surface area contributed by atoms with Gasteiger partial charge in [-0.05, 0) is 41.9 Å². The molecule has 0 aromatic rings. The molecule has 0 bridgehead atoms. The van der Waals surface area contributed by atoms with Crippen LogP contribution in [-0.4, -0.2) is 4.55 Å². The molecular formula is C7H12OS2. The predicted octanol–water partition coefficient (Wildman–Crippen LogP) is 3.69. The molecule has 1 saturated carbocycles. The van der Waals surface area contributed by atoms with Crippen LogP contribution in [0.3, 0.4) is 0 Å². The van der Waals surface area contributed by atoms with Crippen molar-refractivity contribution in [3.63, 3.8) is 0 Å². The van der Waals surface area contributed by atoms with Crippen LogP contribution in [0, 0.1) is 0 Å². The van der Waals surface area contributed by atoms with Crippen molar-refractivity contribution in [1.82, 2.24) is 0 Å². The van der Waals surface area contributed by atoms with Crippen LogP contribution in [0.4, 0.5) is 0 Å². The fourth-order valence-electron chi connectivity index (χ4n) is 1.21. The minimum atomic E-state index is 0.836. The van der Waals surface area contributed by atoms with Gasteiger partial charge in [0.25, 0.3) is 0 Å². The first-order valence-electron chi connectivity index (χ1n) is 3.58. The van der Waals surface area contributed by atoms with Gasteiger partial charge in [0.2, 0.25) is 0 Å². The summed E-state index contributed by atoms with van der Waals surface area (Å²) in [5.74, 6) is 0. The molecule has 3 heteroatoms. The monoisotopic (exact) mass is 176 g/mol. The summed E-state index contributed by atoms with van der Waals surface area (Å²) >= 11 is 0.836. The zero-order chi connectivity index (χ0) is 7.23. The SMILES string of the molecule is OSSC=C1CCCCC1. The largest absolute Gasteiger partial charge is 0.320 e. The second kappa shape index (κ2) is 5.10. The standard InChI is InChI=1S/C7H12OS2/c8-10-9-6-7-4-2-1-3-5-7/h6,8H,1-5H2. The maximum Gasteiger partial charge on any atom is 0.0640 e. The average molecular weight is 176 g/mol. The van der Waals surface area contributed by atoms with Crippen molar-refractivity contribution in [2.45, 2.75) is 32.1 Å². The minimum absolute atomic E-state index is 0.836. The van der Waals surface area contributed by atoms with Crippen molar-refractivity contribution >= 4 is 21.9 Å². The van der Waals surface area contributed by atoms with Gasteiger partial charge < -0.3 is 4.55 Å². The van der Waals surface area contributed by atoms with Gasteiger partial charge in [-0.1, -0.05) is 12.0 Å². The van der Waals surface area contributed by atoms with E-state index < -0.39 is 0 Å². The molecule has 0 radical (unpaired) electrons. The normalized spacial score (nSPS) is 19.1. The topological polar surface area (TPSA) is 20.2 Å². The Morgan fingerprint density at radius 1 is 1.20 bits per heavy atom. The molecule has 0 unspecified atom stereocenters. The van der Waals surface area contributed by atoms with Gasteiger partial charge in [0.05, 0.1) is 11.1 Å². The third-order valence-electron chi connectivity index (χ3n) is 1.75. The Balaban J connectivity index is 2.23. The van der Waals surface area contributed by atoms with Crippen LogP contribution >= 0.6 is 21.9 Å². The van der Waals surface area contributed by atoms with Gasteiger partial charge in [-0.2, -0.15) is 0 Å². The lowest BCUT2D eigenvalue weighted by Gasteiger charge is -2.12. The fraction of sp³-hybridized carbons (Fsp3) is 0.714. The molecule has 0 aromatic heterocycles. The fourth-order valence-corrected chi connectivity index (χ4v) is 2.17. The maximum absolute atomic E-state index is 8.43. The summed E-state index contributed by atoms with van der Waals surface area (Å²) in [6.45, 7) is 0. The summed E-state index contributed by atoms with van der Waals surface area (Å²) in [6, 6.07) is 0. The summed E-state index contributed by atoms with van der Waals surface area (Å²) in [4.78, 5) is 0. The Labute approximate surface area is 69.9 Å².